The van der Waals surface area contributed by atoms with Crippen LogP contribution in [0.5, 0.6) is 0 Å². The third kappa shape index (κ3) is 4.60. The number of hydrogen-bond donors (Lipinski definition) is 1. The molecule has 1 N–H and O–H groups in total. The van der Waals surface area contributed by atoms with E-state index in [0.29, 0.717) is 19.3 Å². The van der Waals surface area contributed by atoms with Gasteiger partial charge in [0.15, 0.2) is 0 Å². The maximum atomic E-state index is 5.48. The number of methoxy groups -OCH3 is 1. The van der Waals surface area contributed by atoms with Crippen molar-refractivity contribution in [1.29, 1.82) is 0 Å². The smallest absolute Gasteiger partial charge is 0.0948 e. The van der Waals surface area contributed by atoms with E-state index in [1.807, 2.05) is 12.5 Å². The topological polar surface area (TPSA) is 48.3 Å². The van der Waals surface area contributed by atoms with Crippen molar-refractivity contribution in [2.75, 3.05) is 33.5 Å². The van der Waals surface area contributed by atoms with Crippen LogP contribution in [-0.2, 0) is 16.0 Å². The lowest BCUT2D eigenvalue weighted by molar-refractivity contribution is 0.0679. The molecule has 1 atom stereocenters. The molecular formula is C14H25N3O2. The summed E-state index contributed by atoms with van der Waals surface area (Å²) < 4.78 is 12.7. The molecule has 0 spiro atoms. The molecule has 19 heavy (non-hydrogen) atoms. The number of aromatic nitrogens is 2. The van der Waals surface area contributed by atoms with E-state index >= 15 is 0 Å². The molecule has 1 aliphatic rings. The van der Waals surface area contributed by atoms with Crippen LogP contribution in [0.1, 0.15) is 37.4 Å². The Kier molecular flexibility index (Phi) is 6.33. The van der Waals surface area contributed by atoms with Gasteiger partial charge in [0.05, 0.1) is 25.2 Å². The first-order valence-corrected chi connectivity index (χ1v) is 7.22. The molecule has 1 aliphatic heterocycles. The minimum Gasteiger partial charge on any atom is -0.382 e. The number of nitrogens with zero attached hydrogens (tertiary/aromatic N) is 2. The zero-order chi connectivity index (χ0) is 13.3. The van der Waals surface area contributed by atoms with Crippen molar-refractivity contribution < 1.29 is 9.47 Å². The summed E-state index contributed by atoms with van der Waals surface area (Å²) in [5.41, 5.74) is 1.32. The molecule has 5 nitrogen and oxygen atoms in total. The molecule has 0 aromatic carbocycles. The average molecular weight is 267 g/mol. The number of piperidine rings is 1. The molecule has 0 saturated carbocycles. The van der Waals surface area contributed by atoms with Crippen LogP contribution in [-0.4, -0.2) is 43.0 Å². The Morgan fingerprint density at radius 2 is 2.32 bits per heavy atom. The summed E-state index contributed by atoms with van der Waals surface area (Å²) in [5.74, 6) is 0. The van der Waals surface area contributed by atoms with Crippen molar-refractivity contribution in [3.05, 3.63) is 18.2 Å². The van der Waals surface area contributed by atoms with Gasteiger partial charge in [-0.3, -0.25) is 0 Å². The van der Waals surface area contributed by atoms with Gasteiger partial charge in [0, 0.05) is 32.5 Å². The molecule has 1 saturated heterocycles. The van der Waals surface area contributed by atoms with Crippen molar-refractivity contribution in [3.63, 3.8) is 0 Å². The first-order chi connectivity index (χ1) is 9.42. The van der Waals surface area contributed by atoms with E-state index in [-0.39, 0.29) is 0 Å². The van der Waals surface area contributed by atoms with Gasteiger partial charge >= 0.3 is 0 Å². The first-order valence-electron chi connectivity index (χ1n) is 7.22. The van der Waals surface area contributed by atoms with Crippen molar-refractivity contribution in [1.82, 2.24) is 14.9 Å². The second-order valence-electron chi connectivity index (χ2n) is 4.97. The quantitative estimate of drug-likeness (QED) is 0.729. The van der Waals surface area contributed by atoms with Gasteiger partial charge in [-0.2, -0.15) is 0 Å². The molecular weight excluding hydrogens is 242 g/mol. The Hall–Kier alpha value is -0.910. The molecule has 0 aliphatic carbocycles. The highest BCUT2D eigenvalue weighted by atomic mass is 16.5. The molecule has 5 heteroatoms. The maximum absolute atomic E-state index is 5.48. The van der Waals surface area contributed by atoms with Gasteiger partial charge in [0.1, 0.15) is 0 Å². The summed E-state index contributed by atoms with van der Waals surface area (Å²) in [6.45, 7) is 4.22. The number of ether oxygens (including phenoxy) is 2. The van der Waals surface area contributed by atoms with E-state index in [9.17, 15) is 0 Å². The molecule has 1 aromatic rings. The van der Waals surface area contributed by atoms with Crippen LogP contribution in [0.2, 0.25) is 0 Å². The van der Waals surface area contributed by atoms with Crippen molar-refractivity contribution in [2.45, 2.75) is 38.3 Å². The first kappa shape index (κ1) is 14.5. The molecule has 1 unspecified atom stereocenters. The molecule has 0 bridgehead atoms. The Morgan fingerprint density at radius 3 is 3.11 bits per heavy atom. The fourth-order valence-electron chi connectivity index (χ4n) is 2.49. The predicted octanol–water partition coefficient (Wildman–Crippen LogP) is 1.75. The van der Waals surface area contributed by atoms with Crippen molar-refractivity contribution >= 4 is 0 Å². The summed E-state index contributed by atoms with van der Waals surface area (Å²) in [5, 5.41) is 3.57. The van der Waals surface area contributed by atoms with Gasteiger partial charge in [0.2, 0.25) is 0 Å². The summed E-state index contributed by atoms with van der Waals surface area (Å²) in [6, 6.07) is 0.477. The van der Waals surface area contributed by atoms with E-state index < -0.39 is 0 Å². The molecule has 2 rings (SSSR count). The Balaban J connectivity index is 1.73. The van der Waals surface area contributed by atoms with Gasteiger partial charge in [0.25, 0.3) is 0 Å². The third-order valence-electron chi connectivity index (χ3n) is 3.53. The number of hydrogen-bond acceptors (Lipinski definition) is 4. The second-order valence-corrected chi connectivity index (χ2v) is 4.97. The highest BCUT2D eigenvalue weighted by Crippen LogP contribution is 2.22. The average Bonchev–Trinajstić information content (AvgIpc) is 2.92. The van der Waals surface area contributed by atoms with Gasteiger partial charge < -0.3 is 19.4 Å². The van der Waals surface area contributed by atoms with Crippen molar-refractivity contribution in [2.24, 2.45) is 0 Å². The fraction of sp³-hybridized carbons (Fsp3) is 0.786. The van der Waals surface area contributed by atoms with E-state index in [0.717, 1.165) is 26.1 Å². The zero-order valence-corrected chi connectivity index (χ0v) is 11.8. The SMILES string of the molecule is COCCOCCCn1cncc1C1CCCCN1. The Labute approximate surface area is 115 Å². The Bertz CT molecular complexity index is 348. The van der Waals surface area contributed by atoms with E-state index in [4.69, 9.17) is 9.47 Å². The number of rotatable bonds is 8. The number of nitrogens with one attached hydrogen (secondary N) is 1. The van der Waals surface area contributed by atoms with Crippen LogP contribution in [0.25, 0.3) is 0 Å². The fourth-order valence-corrected chi connectivity index (χ4v) is 2.49. The molecule has 0 amide bonds. The monoisotopic (exact) mass is 267 g/mol. The molecule has 108 valence electrons. The van der Waals surface area contributed by atoms with Crippen LogP contribution in [0.15, 0.2) is 12.5 Å². The summed E-state index contributed by atoms with van der Waals surface area (Å²) in [7, 11) is 1.69. The van der Waals surface area contributed by atoms with E-state index in [2.05, 4.69) is 14.9 Å². The number of aryl methyl sites for hydroxylation is 1. The van der Waals surface area contributed by atoms with Crippen LogP contribution >= 0.6 is 0 Å². The molecule has 0 radical (unpaired) electrons. The van der Waals surface area contributed by atoms with Gasteiger partial charge in [-0.25, -0.2) is 4.98 Å². The second kappa shape index (κ2) is 8.30. The van der Waals surface area contributed by atoms with Crippen molar-refractivity contribution in [3.8, 4) is 0 Å². The maximum Gasteiger partial charge on any atom is 0.0948 e. The molecule has 2 heterocycles. The summed E-state index contributed by atoms with van der Waals surface area (Å²) in [4.78, 5) is 4.29. The normalized spacial score (nSPS) is 19.7. The third-order valence-corrected chi connectivity index (χ3v) is 3.53. The minimum atomic E-state index is 0.477. The van der Waals surface area contributed by atoms with Crippen LogP contribution in [0, 0.1) is 0 Å². The highest BCUT2D eigenvalue weighted by molar-refractivity contribution is 5.06. The van der Waals surface area contributed by atoms with Crippen LogP contribution in [0.4, 0.5) is 0 Å². The lowest BCUT2D eigenvalue weighted by atomic mass is 10.0. The van der Waals surface area contributed by atoms with Crippen LogP contribution in [0.3, 0.4) is 0 Å². The minimum absolute atomic E-state index is 0.477. The standard InChI is InChI=1S/C14H25N3O2/c1-18-9-10-19-8-4-7-17-12-15-11-14(17)13-5-2-3-6-16-13/h11-13,16H,2-10H2,1H3. The Morgan fingerprint density at radius 1 is 1.37 bits per heavy atom. The van der Waals surface area contributed by atoms with Crippen LogP contribution < -0.4 is 5.32 Å². The lowest BCUT2D eigenvalue weighted by Gasteiger charge is -2.24. The zero-order valence-electron chi connectivity index (χ0n) is 11.8. The van der Waals surface area contributed by atoms with Gasteiger partial charge in [-0.1, -0.05) is 6.42 Å². The number of imidazole rings is 1. The largest absolute Gasteiger partial charge is 0.382 e. The molecule has 1 aromatic heterocycles. The highest BCUT2D eigenvalue weighted by Gasteiger charge is 2.17. The van der Waals surface area contributed by atoms with Gasteiger partial charge in [-0.05, 0) is 25.8 Å². The predicted molar refractivity (Wildman–Crippen MR) is 74.1 cm³/mol. The van der Waals surface area contributed by atoms with E-state index in [1.165, 1.54) is 25.0 Å². The van der Waals surface area contributed by atoms with Gasteiger partial charge in [-0.15, -0.1) is 0 Å². The van der Waals surface area contributed by atoms with E-state index in [1.54, 1.807) is 7.11 Å². The summed E-state index contributed by atoms with van der Waals surface area (Å²) >= 11 is 0. The lowest BCUT2D eigenvalue weighted by Crippen LogP contribution is -2.28. The molecule has 1 fully saturated rings. The summed E-state index contributed by atoms with van der Waals surface area (Å²) in [6.07, 6.45) is 8.76.